The fourth-order valence-electron chi connectivity index (χ4n) is 3.23. The molecule has 1 aromatic rings. The van der Waals surface area contributed by atoms with E-state index in [4.69, 9.17) is 0 Å². The van der Waals surface area contributed by atoms with Crippen LogP contribution in [0.5, 0.6) is 0 Å². The highest BCUT2D eigenvalue weighted by molar-refractivity contribution is 5.79. The molecule has 1 aromatic heterocycles. The molecule has 5 nitrogen and oxygen atoms in total. The molecule has 0 radical (unpaired) electrons. The summed E-state index contributed by atoms with van der Waals surface area (Å²) in [6, 6.07) is -0.308. The average molecular weight is 307 g/mol. The number of aliphatic hydroxyl groups is 1. The van der Waals surface area contributed by atoms with Crippen LogP contribution in [0.25, 0.3) is 0 Å². The second-order valence-electron chi connectivity index (χ2n) is 7.77. The maximum Gasteiger partial charge on any atom is 0.242 e. The normalized spacial score (nSPS) is 27.4. The number of amides is 1. The minimum atomic E-state index is -0.758. The standard InChI is InChI=1S/C17H29N3O2/c1-13(20-10-9-18-12-20)15(21)19-11-17(22)7-5-14(6-8-17)16(2,3)4/h9-10,12-14,22H,5-8,11H2,1-4H3,(H,19,21). The van der Waals surface area contributed by atoms with E-state index in [1.807, 2.05) is 6.92 Å². The molecule has 2 N–H and O–H groups in total. The van der Waals surface area contributed by atoms with Gasteiger partial charge in [0.25, 0.3) is 0 Å². The summed E-state index contributed by atoms with van der Waals surface area (Å²) in [6.45, 7) is 8.95. The van der Waals surface area contributed by atoms with Gasteiger partial charge in [0, 0.05) is 18.9 Å². The Hall–Kier alpha value is -1.36. The van der Waals surface area contributed by atoms with E-state index >= 15 is 0 Å². The Balaban J connectivity index is 1.83. The first-order valence-electron chi connectivity index (χ1n) is 8.19. The van der Waals surface area contributed by atoms with Crippen LogP contribution in [-0.2, 0) is 4.79 Å². The molecular formula is C17H29N3O2. The highest BCUT2D eigenvalue weighted by atomic mass is 16.3. The Bertz CT molecular complexity index is 483. The lowest BCUT2D eigenvalue weighted by atomic mass is 9.68. The molecule has 1 fully saturated rings. The van der Waals surface area contributed by atoms with Crippen LogP contribution in [0.1, 0.15) is 59.4 Å². The predicted octanol–water partition coefficient (Wildman–Crippen LogP) is 2.53. The zero-order valence-electron chi connectivity index (χ0n) is 14.2. The molecule has 1 heterocycles. The van der Waals surface area contributed by atoms with E-state index in [0.717, 1.165) is 25.7 Å². The van der Waals surface area contributed by atoms with Gasteiger partial charge in [-0.2, -0.15) is 0 Å². The average Bonchev–Trinajstić information content (AvgIpc) is 2.97. The number of nitrogens with zero attached hydrogens (tertiary/aromatic N) is 2. The van der Waals surface area contributed by atoms with Crippen LogP contribution in [0.15, 0.2) is 18.7 Å². The molecule has 1 amide bonds. The molecule has 22 heavy (non-hydrogen) atoms. The van der Waals surface area contributed by atoms with Gasteiger partial charge in [0.15, 0.2) is 0 Å². The smallest absolute Gasteiger partial charge is 0.242 e. The summed E-state index contributed by atoms with van der Waals surface area (Å²) in [4.78, 5) is 16.1. The molecule has 1 aliphatic rings. The van der Waals surface area contributed by atoms with E-state index in [1.54, 1.807) is 23.3 Å². The quantitative estimate of drug-likeness (QED) is 0.898. The molecule has 0 spiro atoms. The van der Waals surface area contributed by atoms with Crippen LogP contribution in [0, 0.1) is 11.3 Å². The van der Waals surface area contributed by atoms with Crippen LogP contribution in [-0.4, -0.2) is 32.7 Å². The number of hydrogen-bond acceptors (Lipinski definition) is 3. The molecule has 124 valence electrons. The minimum Gasteiger partial charge on any atom is -0.388 e. The topological polar surface area (TPSA) is 67.2 Å². The number of imidazole rings is 1. The van der Waals surface area contributed by atoms with Crippen LogP contribution in [0.4, 0.5) is 0 Å². The van der Waals surface area contributed by atoms with Gasteiger partial charge in [-0.1, -0.05) is 20.8 Å². The van der Waals surface area contributed by atoms with Gasteiger partial charge in [0.1, 0.15) is 6.04 Å². The summed E-state index contributed by atoms with van der Waals surface area (Å²) in [6.07, 6.45) is 8.62. The fraction of sp³-hybridized carbons (Fsp3) is 0.765. The molecule has 1 atom stereocenters. The Labute approximate surface area is 133 Å². The first-order chi connectivity index (χ1) is 10.2. The van der Waals surface area contributed by atoms with E-state index in [1.165, 1.54) is 0 Å². The highest BCUT2D eigenvalue weighted by Crippen LogP contribution is 2.41. The van der Waals surface area contributed by atoms with Crippen LogP contribution in [0.3, 0.4) is 0 Å². The SMILES string of the molecule is CC(C(=O)NCC1(O)CCC(C(C)(C)C)CC1)n1ccnc1. The first-order valence-corrected chi connectivity index (χ1v) is 8.19. The number of carbonyl (C=O) groups excluding carboxylic acids is 1. The number of aromatic nitrogens is 2. The Morgan fingerprint density at radius 2 is 2.09 bits per heavy atom. The molecule has 2 rings (SSSR count). The van der Waals surface area contributed by atoms with Gasteiger partial charge >= 0.3 is 0 Å². The maximum absolute atomic E-state index is 12.2. The van der Waals surface area contributed by atoms with Crippen molar-refractivity contribution in [2.24, 2.45) is 11.3 Å². The summed E-state index contributed by atoms with van der Waals surface area (Å²) in [5.41, 5.74) is -0.466. The molecule has 1 unspecified atom stereocenters. The van der Waals surface area contributed by atoms with Crippen molar-refractivity contribution in [3.63, 3.8) is 0 Å². The van der Waals surface area contributed by atoms with E-state index in [0.29, 0.717) is 17.9 Å². The van der Waals surface area contributed by atoms with Gasteiger partial charge in [0.2, 0.25) is 5.91 Å². The Morgan fingerprint density at radius 3 is 2.59 bits per heavy atom. The van der Waals surface area contributed by atoms with Crippen molar-refractivity contribution in [1.82, 2.24) is 14.9 Å². The van der Waals surface area contributed by atoms with Gasteiger partial charge < -0.3 is 15.0 Å². The molecule has 0 bridgehead atoms. The van der Waals surface area contributed by atoms with Crippen LogP contribution >= 0.6 is 0 Å². The summed E-state index contributed by atoms with van der Waals surface area (Å²) in [5.74, 6) is 0.567. The van der Waals surface area contributed by atoms with Gasteiger partial charge in [-0.15, -0.1) is 0 Å². The van der Waals surface area contributed by atoms with E-state index < -0.39 is 5.60 Å². The zero-order valence-corrected chi connectivity index (χ0v) is 14.2. The molecular weight excluding hydrogens is 278 g/mol. The third-order valence-corrected chi connectivity index (χ3v) is 5.08. The molecule has 0 aromatic carbocycles. The van der Waals surface area contributed by atoms with Crippen LogP contribution < -0.4 is 5.32 Å². The van der Waals surface area contributed by atoms with E-state index in [-0.39, 0.29) is 11.9 Å². The molecule has 5 heteroatoms. The highest BCUT2D eigenvalue weighted by Gasteiger charge is 2.37. The van der Waals surface area contributed by atoms with Crippen molar-refractivity contribution in [3.05, 3.63) is 18.7 Å². The monoisotopic (exact) mass is 307 g/mol. The van der Waals surface area contributed by atoms with Crippen molar-refractivity contribution >= 4 is 5.91 Å². The van der Waals surface area contributed by atoms with Crippen molar-refractivity contribution in [2.45, 2.75) is 65.0 Å². The van der Waals surface area contributed by atoms with Gasteiger partial charge in [-0.05, 0) is 43.9 Å². The third kappa shape index (κ3) is 4.09. The Kier molecular flexibility index (Phi) is 4.95. The number of carbonyl (C=O) groups is 1. The van der Waals surface area contributed by atoms with Crippen molar-refractivity contribution < 1.29 is 9.90 Å². The zero-order chi connectivity index (χ0) is 16.4. The van der Waals surface area contributed by atoms with E-state index in [9.17, 15) is 9.90 Å². The molecule has 1 aliphatic carbocycles. The molecule has 0 saturated heterocycles. The predicted molar refractivity (Wildman–Crippen MR) is 86.3 cm³/mol. The minimum absolute atomic E-state index is 0.0793. The molecule has 1 saturated carbocycles. The summed E-state index contributed by atoms with van der Waals surface area (Å²) < 4.78 is 1.76. The summed E-state index contributed by atoms with van der Waals surface area (Å²) in [7, 11) is 0. The van der Waals surface area contributed by atoms with Crippen molar-refractivity contribution in [1.29, 1.82) is 0 Å². The summed E-state index contributed by atoms with van der Waals surface area (Å²) >= 11 is 0. The lowest BCUT2D eigenvalue weighted by Gasteiger charge is -2.41. The summed E-state index contributed by atoms with van der Waals surface area (Å²) in [5, 5.41) is 13.6. The third-order valence-electron chi connectivity index (χ3n) is 5.08. The lowest BCUT2D eigenvalue weighted by molar-refractivity contribution is -0.125. The fourth-order valence-corrected chi connectivity index (χ4v) is 3.23. The maximum atomic E-state index is 12.2. The first kappa shape index (κ1) is 17.0. The largest absolute Gasteiger partial charge is 0.388 e. The second-order valence-corrected chi connectivity index (χ2v) is 7.77. The number of hydrogen-bond donors (Lipinski definition) is 2. The van der Waals surface area contributed by atoms with Gasteiger partial charge in [-0.3, -0.25) is 4.79 Å². The Morgan fingerprint density at radius 1 is 1.45 bits per heavy atom. The second kappa shape index (κ2) is 6.41. The van der Waals surface area contributed by atoms with Gasteiger partial charge in [-0.25, -0.2) is 4.98 Å². The lowest BCUT2D eigenvalue weighted by Crippen LogP contribution is -2.47. The molecule has 0 aliphatic heterocycles. The van der Waals surface area contributed by atoms with Crippen molar-refractivity contribution in [3.8, 4) is 0 Å². The number of nitrogens with one attached hydrogen (secondary N) is 1. The van der Waals surface area contributed by atoms with Gasteiger partial charge in [0.05, 0.1) is 11.9 Å². The number of rotatable bonds is 4. The van der Waals surface area contributed by atoms with Crippen molar-refractivity contribution in [2.75, 3.05) is 6.54 Å². The van der Waals surface area contributed by atoms with Crippen LogP contribution in [0.2, 0.25) is 0 Å². The van der Waals surface area contributed by atoms with E-state index in [2.05, 4.69) is 31.1 Å².